The zero-order valence-electron chi connectivity index (χ0n) is 8.18. The maximum absolute atomic E-state index is 11.6. The lowest BCUT2D eigenvalue weighted by Gasteiger charge is -2.12. The van der Waals surface area contributed by atoms with Crippen LogP contribution in [0.5, 0.6) is 0 Å². The molecule has 1 aliphatic heterocycles. The Morgan fingerprint density at radius 3 is 3.00 bits per heavy atom. The zero-order valence-corrected chi connectivity index (χ0v) is 8.18. The molecule has 74 valence electrons. The van der Waals surface area contributed by atoms with Crippen LogP contribution in [-0.4, -0.2) is 22.2 Å². The molecule has 4 nitrogen and oxygen atoms in total. The molecule has 1 amide bonds. The molecule has 2 heterocycles. The van der Waals surface area contributed by atoms with Crippen molar-refractivity contribution >= 4 is 11.6 Å². The Morgan fingerprint density at radius 1 is 1.71 bits per heavy atom. The van der Waals surface area contributed by atoms with E-state index in [0.717, 1.165) is 12.2 Å². The smallest absolute Gasteiger partial charge is 0.227 e. The normalized spacial score (nSPS) is 21.6. The van der Waals surface area contributed by atoms with E-state index in [-0.39, 0.29) is 11.8 Å². The molecule has 1 saturated heterocycles. The lowest BCUT2D eigenvalue weighted by Crippen LogP contribution is -2.23. The average Bonchev–Trinajstić information content (AvgIpc) is 2.71. The number of hydrogen-bond donors (Lipinski definition) is 0. The molecule has 14 heavy (non-hydrogen) atoms. The first-order valence-corrected chi connectivity index (χ1v) is 4.62. The minimum absolute atomic E-state index is 0.155. The summed E-state index contributed by atoms with van der Waals surface area (Å²) in [5.74, 6) is 0.436. The Labute approximate surface area is 82.8 Å². The number of rotatable bonds is 2. The molecule has 1 unspecified atom stereocenters. The Hall–Kier alpha value is -1.58. The van der Waals surface area contributed by atoms with Crippen LogP contribution in [0.4, 0.5) is 5.69 Å². The summed E-state index contributed by atoms with van der Waals surface area (Å²) in [7, 11) is 1.84. The van der Waals surface area contributed by atoms with E-state index in [1.54, 1.807) is 15.8 Å². The van der Waals surface area contributed by atoms with Crippen molar-refractivity contribution in [3.8, 4) is 0 Å². The molecule has 1 atom stereocenters. The molecule has 2 rings (SSSR count). The largest absolute Gasteiger partial charge is 0.309 e. The number of aryl methyl sites for hydroxylation is 1. The maximum atomic E-state index is 11.6. The molecule has 0 N–H and O–H groups in total. The SMILES string of the molecule is C=CC1CC(=O)N(c2cnn(C)c2)C1. The van der Waals surface area contributed by atoms with Gasteiger partial charge in [0, 0.05) is 32.1 Å². The van der Waals surface area contributed by atoms with Gasteiger partial charge in [0.2, 0.25) is 5.91 Å². The van der Waals surface area contributed by atoms with Crippen LogP contribution in [0.25, 0.3) is 0 Å². The first-order valence-electron chi connectivity index (χ1n) is 4.62. The summed E-state index contributed by atoms with van der Waals surface area (Å²) in [4.78, 5) is 13.4. The van der Waals surface area contributed by atoms with Gasteiger partial charge < -0.3 is 4.90 Å². The van der Waals surface area contributed by atoms with Crippen molar-refractivity contribution in [3.05, 3.63) is 25.0 Å². The van der Waals surface area contributed by atoms with Crippen LogP contribution in [0.15, 0.2) is 25.0 Å². The molecule has 4 heteroatoms. The molecular formula is C10H13N3O. The van der Waals surface area contributed by atoms with Gasteiger partial charge in [0.1, 0.15) is 0 Å². The molecule has 0 aromatic carbocycles. The number of amides is 1. The van der Waals surface area contributed by atoms with Crippen molar-refractivity contribution < 1.29 is 4.79 Å². The number of carbonyl (C=O) groups excluding carboxylic acids is 1. The van der Waals surface area contributed by atoms with Gasteiger partial charge in [0.25, 0.3) is 0 Å². The third-order valence-electron chi connectivity index (χ3n) is 2.49. The van der Waals surface area contributed by atoms with Gasteiger partial charge in [-0.05, 0) is 0 Å². The summed E-state index contributed by atoms with van der Waals surface area (Å²) in [5, 5.41) is 4.04. The van der Waals surface area contributed by atoms with Crippen molar-refractivity contribution in [2.24, 2.45) is 13.0 Å². The fraction of sp³-hybridized carbons (Fsp3) is 0.400. The topological polar surface area (TPSA) is 38.1 Å². The van der Waals surface area contributed by atoms with E-state index in [1.165, 1.54) is 0 Å². The van der Waals surface area contributed by atoms with Gasteiger partial charge in [-0.1, -0.05) is 6.08 Å². The average molecular weight is 191 g/mol. The van der Waals surface area contributed by atoms with Gasteiger partial charge >= 0.3 is 0 Å². The number of hydrogen-bond acceptors (Lipinski definition) is 2. The molecule has 0 saturated carbocycles. The summed E-state index contributed by atoms with van der Waals surface area (Å²) in [6.07, 6.45) is 5.97. The van der Waals surface area contributed by atoms with Crippen LogP contribution in [0, 0.1) is 5.92 Å². The van der Waals surface area contributed by atoms with E-state index < -0.39 is 0 Å². The predicted octanol–water partition coefficient (Wildman–Crippen LogP) is 0.959. The second-order valence-corrected chi connectivity index (χ2v) is 3.58. The molecule has 0 aliphatic carbocycles. The molecule has 1 aromatic rings. The van der Waals surface area contributed by atoms with E-state index in [9.17, 15) is 4.79 Å². The lowest BCUT2D eigenvalue weighted by atomic mass is 10.1. The van der Waals surface area contributed by atoms with Crippen LogP contribution < -0.4 is 4.90 Å². The maximum Gasteiger partial charge on any atom is 0.227 e. The fourth-order valence-electron chi connectivity index (χ4n) is 1.69. The first-order chi connectivity index (χ1) is 6.70. The molecular weight excluding hydrogens is 178 g/mol. The molecule has 0 radical (unpaired) electrons. The monoisotopic (exact) mass is 191 g/mol. The van der Waals surface area contributed by atoms with Crippen LogP contribution in [0.2, 0.25) is 0 Å². The van der Waals surface area contributed by atoms with Crippen molar-refractivity contribution in [1.82, 2.24) is 9.78 Å². The first kappa shape index (κ1) is 8.99. The van der Waals surface area contributed by atoms with Crippen LogP contribution in [0.1, 0.15) is 6.42 Å². The van der Waals surface area contributed by atoms with Gasteiger partial charge in [-0.3, -0.25) is 9.48 Å². The summed E-state index contributed by atoms with van der Waals surface area (Å²) in [6, 6.07) is 0. The number of nitrogens with zero attached hydrogens (tertiary/aromatic N) is 3. The number of anilines is 1. The summed E-state index contributed by atoms with van der Waals surface area (Å²) in [5.41, 5.74) is 0.877. The van der Waals surface area contributed by atoms with Gasteiger partial charge in [-0.15, -0.1) is 6.58 Å². The highest BCUT2D eigenvalue weighted by atomic mass is 16.2. The molecule has 0 spiro atoms. The van der Waals surface area contributed by atoms with Crippen LogP contribution >= 0.6 is 0 Å². The van der Waals surface area contributed by atoms with Gasteiger partial charge in [-0.2, -0.15) is 5.10 Å². The van der Waals surface area contributed by atoms with Crippen molar-refractivity contribution in [2.45, 2.75) is 6.42 Å². The van der Waals surface area contributed by atoms with Gasteiger partial charge in [0.05, 0.1) is 11.9 Å². The Kier molecular flexibility index (Phi) is 2.11. The molecule has 1 aromatic heterocycles. The Morgan fingerprint density at radius 2 is 2.50 bits per heavy atom. The minimum Gasteiger partial charge on any atom is -0.309 e. The Balaban J connectivity index is 2.20. The van der Waals surface area contributed by atoms with E-state index in [0.29, 0.717) is 6.42 Å². The quantitative estimate of drug-likeness (QED) is 0.653. The standard InChI is InChI=1S/C10H13N3O/c1-3-8-4-10(14)13(6-8)9-5-11-12(2)7-9/h3,5,7-8H,1,4,6H2,2H3. The van der Waals surface area contributed by atoms with Crippen molar-refractivity contribution in [2.75, 3.05) is 11.4 Å². The Bertz CT molecular complexity index is 369. The third-order valence-corrected chi connectivity index (χ3v) is 2.49. The van der Waals surface area contributed by atoms with Gasteiger partial charge in [0.15, 0.2) is 0 Å². The molecule has 1 aliphatic rings. The number of aromatic nitrogens is 2. The second kappa shape index (κ2) is 3.29. The highest BCUT2D eigenvalue weighted by molar-refractivity contribution is 5.95. The predicted molar refractivity (Wildman–Crippen MR) is 53.9 cm³/mol. The summed E-state index contributed by atoms with van der Waals surface area (Å²) in [6.45, 7) is 4.44. The van der Waals surface area contributed by atoms with E-state index in [4.69, 9.17) is 0 Å². The summed E-state index contributed by atoms with van der Waals surface area (Å²) < 4.78 is 1.70. The molecule has 1 fully saturated rings. The third kappa shape index (κ3) is 1.43. The zero-order chi connectivity index (χ0) is 10.1. The second-order valence-electron chi connectivity index (χ2n) is 3.58. The van der Waals surface area contributed by atoms with E-state index in [2.05, 4.69) is 11.7 Å². The highest BCUT2D eigenvalue weighted by Crippen LogP contribution is 2.24. The van der Waals surface area contributed by atoms with E-state index in [1.807, 2.05) is 19.3 Å². The van der Waals surface area contributed by atoms with Crippen molar-refractivity contribution in [3.63, 3.8) is 0 Å². The lowest BCUT2D eigenvalue weighted by molar-refractivity contribution is -0.117. The van der Waals surface area contributed by atoms with Crippen molar-refractivity contribution in [1.29, 1.82) is 0 Å². The fourth-order valence-corrected chi connectivity index (χ4v) is 1.69. The van der Waals surface area contributed by atoms with E-state index >= 15 is 0 Å². The van der Waals surface area contributed by atoms with Crippen LogP contribution in [-0.2, 0) is 11.8 Å². The van der Waals surface area contributed by atoms with Gasteiger partial charge in [-0.25, -0.2) is 0 Å². The minimum atomic E-state index is 0.155. The van der Waals surface area contributed by atoms with Crippen LogP contribution in [0.3, 0.4) is 0 Å². The number of carbonyl (C=O) groups is 1. The summed E-state index contributed by atoms with van der Waals surface area (Å²) >= 11 is 0. The highest BCUT2D eigenvalue weighted by Gasteiger charge is 2.29. The molecule has 0 bridgehead atoms.